The number of carbonyl (C=O) groups is 2. The van der Waals surface area contributed by atoms with Crippen LogP contribution in [-0.4, -0.2) is 56.6 Å². The molecule has 0 aromatic heterocycles. The van der Waals surface area contributed by atoms with Crippen LogP contribution in [0.3, 0.4) is 0 Å². The average Bonchev–Trinajstić information content (AvgIpc) is 2.78. The molecule has 0 aliphatic rings. The van der Waals surface area contributed by atoms with Crippen LogP contribution in [0.4, 0.5) is 5.69 Å². The molecule has 2 aromatic rings. The van der Waals surface area contributed by atoms with Crippen LogP contribution in [0.5, 0.6) is 0 Å². The lowest BCUT2D eigenvalue weighted by molar-refractivity contribution is -0.139. The average molecular weight is 474 g/mol. The number of hydrogen-bond donors (Lipinski definition) is 1. The Kier molecular flexibility index (Phi) is 9.46. The second-order valence-electron chi connectivity index (χ2n) is 8.42. The van der Waals surface area contributed by atoms with Crippen molar-refractivity contribution in [2.75, 3.05) is 23.7 Å². The van der Waals surface area contributed by atoms with Gasteiger partial charge in [-0.1, -0.05) is 55.0 Å². The van der Waals surface area contributed by atoms with Gasteiger partial charge in [-0.2, -0.15) is 0 Å². The van der Waals surface area contributed by atoms with Gasteiger partial charge in [0.05, 0.1) is 11.9 Å². The molecule has 0 saturated carbocycles. The number of amides is 2. The summed E-state index contributed by atoms with van der Waals surface area (Å²) in [6, 6.07) is 15.9. The minimum Gasteiger partial charge on any atom is -0.352 e. The number of nitrogens with zero attached hydrogens (tertiary/aromatic N) is 2. The van der Waals surface area contributed by atoms with Gasteiger partial charge >= 0.3 is 0 Å². The monoisotopic (exact) mass is 473 g/mol. The van der Waals surface area contributed by atoms with E-state index in [1.165, 1.54) is 4.90 Å². The standard InChI is InChI=1S/C25H35N3O4S/c1-6-20(3)26-25(30)21(4)27(17-16-22-10-8-7-9-11-22)24(29)18-28(33(5,31)32)23-14-12-19(2)13-15-23/h7-15,20-21H,6,16-18H2,1-5H3,(H,26,30)/t20-,21-/m1/s1. The van der Waals surface area contributed by atoms with Crippen molar-refractivity contribution in [1.82, 2.24) is 10.2 Å². The zero-order valence-corrected chi connectivity index (χ0v) is 20.9. The first-order chi connectivity index (χ1) is 15.5. The number of benzene rings is 2. The first-order valence-corrected chi connectivity index (χ1v) is 13.1. The van der Waals surface area contributed by atoms with Gasteiger partial charge in [-0.05, 0) is 51.3 Å². The Balaban J connectivity index is 2.29. The molecule has 0 aliphatic heterocycles. The molecule has 0 bridgehead atoms. The van der Waals surface area contributed by atoms with Crippen molar-refractivity contribution < 1.29 is 18.0 Å². The molecule has 0 unspecified atom stereocenters. The van der Waals surface area contributed by atoms with Crippen LogP contribution in [0.25, 0.3) is 0 Å². The Morgan fingerprint density at radius 3 is 2.15 bits per heavy atom. The van der Waals surface area contributed by atoms with Crippen molar-refractivity contribution in [2.24, 2.45) is 0 Å². The minimum absolute atomic E-state index is 0.0221. The minimum atomic E-state index is -3.71. The van der Waals surface area contributed by atoms with Gasteiger partial charge in [0.15, 0.2) is 0 Å². The fourth-order valence-corrected chi connectivity index (χ4v) is 4.21. The number of sulfonamides is 1. The molecule has 0 heterocycles. The lowest BCUT2D eigenvalue weighted by atomic mass is 10.1. The highest BCUT2D eigenvalue weighted by Crippen LogP contribution is 2.19. The number of aryl methyl sites for hydroxylation is 1. The maximum absolute atomic E-state index is 13.4. The Morgan fingerprint density at radius 2 is 1.61 bits per heavy atom. The summed E-state index contributed by atoms with van der Waals surface area (Å²) in [4.78, 5) is 27.7. The van der Waals surface area contributed by atoms with Crippen molar-refractivity contribution in [3.63, 3.8) is 0 Å². The van der Waals surface area contributed by atoms with E-state index in [4.69, 9.17) is 0 Å². The molecule has 0 spiro atoms. The van der Waals surface area contributed by atoms with Gasteiger partial charge in [0, 0.05) is 12.6 Å². The molecule has 2 atom stereocenters. The van der Waals surface area contributed by atoms with E-state index in [-0.39, 0.29) is 18.5 Å². The largest absolute Gasteiger partial charge is 0.352 e. The highest BCUT2D eigenvalue weighted by Gasteiger charge is 2.30. The molecule has 0 fully saturated rings. The molecule has 2 aromatic carbocycles. The molecule has 180 valence electrons. The second-order valence-corrected chi connectivity index (χ2v) is 10.3. The van der Waals surface area contributed by atoms with E-state index < -0.39 is 22.0 Å². The van der Waals surface area contributed by atoms with E-state index in [1.54, 1.807) is 31.2 Å². The summed E-state index contributed by atoms with van der Waals surface area (Å²) in [5.41, 5.74) is 2.43. The van der Waals surface area contributed by atoms with E-state index in [2.05, 4.69) is 5.32 Å². The SMILES string of the molecule is CC[C@@H](C)NC(=O)[C@@H](C)N(CCc1ccccc1)C(=O)CN(c1ccc(C)cc1)S(C)(=O)=O. The highest BCUT2D eigenvalue weighted by molar-refractivity contribution is 7.92. The Labute approximate surface area is 197 Å². The first kappa shape index (κ1) is 26.4. The molecule has 0 radical (unpaired) electrons. The van der Waals surface area contributed by atoms with Crippen LogP contribution in [0, 0.1) is 6.92 Å². The van der Waals surface area contributed by atoms with Crippen molar-refractivity contribution in [3.05, 3.63) is 65.7 Å². The summed E-state index contributed by atoms with van der Waals surface area (Å²) in [6.07, 6.45) is 2.40. The molecule has 33 heavy (non-hydrogen) atoms. The van der Waals surface area contributed by atoms with Gasteiger partial charge in [-0.25, -0.2) is 8.42 Å². The van der Waals surface area contributed by atoms with Crippen molar-refractivity contribution >= 4 is 27.5 Å². The van der Waals surface area contributed by atoms with E-state index in [0.29, 0.717) is 18.7 Å². The molecule has 1 N–H and O–H groups in total. The van der Waals surface area contributed by atoms with Gasteiger partial charge in [0.1, 0.15) is 12.6 Å². The number of anilines is 1. The van der Waals surface area contributed by atoms with Crippen molar-refractivity contribution in [2.45, 2.75) is 52.6 Å². The molecule has 7 nitrogen and oxygen atoms in total. The summed E-state index contributed by atoms with van der Waals surface area (Å²) in [6.45, 7) is 7.38. The number of nitrogens with one attached hydrogen (secondary N) is 1. The van der Waals surface area contributed by atoms with Gasteiger partial charge in [0.25, 0.3) is 0 Å². The molecule has 0 saturated heterocycles. The van der Waals surface area contributed by atoms with Crippen LogP contribution in [0.1, 0.15) is 38.3 Å². The third-order valence-corrected chi connectivity index (χ3v) is 6.79. The van der Waals surface area contributed by atoms with Gasteiger partial charge < -0.3 is 10.2 Å². The third kappa shape index (κ3) is 7.89. The zero-order chi connectivity index (χ0) is 24.6. The smallest absolute Gasteiger partial charge is 0.244 e. The Hall–Kier alpha value is -2.87. The summed E-state index contributed by atoms with van der Waals surface area (Å²) in [7, 11) is -3.71. The number of carbonyl (C=O) groups excluding carboxylic acids is 2. The maximum atomic E-state index is 13.4. The lowest BCUT2D eigenvalue weighted by Crippen LogP contribution is -2.53. The van der Waals surface area contributed by atoms with E-state index >= 15 is 0 Å². The molecule has 8 heteroatoms. The van der Waals surface area contributed by atoms with E-state index in [1.807, 2.05) is 51.1 Å². The first-order valence-electron chi connectivity index (χ1n) is 11.2. The van der Waals surface area contributed by atoms with Gasteiger partial charge in [-0.15, -0.1) is 0 Å². The molecule has 2 rings (SSSR count). The molecular formula is C25H35N3O4S. The van der Waals surface area contributed by atoms with E-state index in [0.717, 1.165) is 28.1 Å². The highest BCUT2D eigenvalue weighted by atomic mass is 32.2. The van der Waals surface area contributed by atoms with Crippen LogP contribution >= 0.6 is 0 Å². The quantitative estimate of drug-likeness (QED) is 0.543. The summed E-state index contributed by atoms with van der Waals surface area (Å²) < 4.78 is 26.1. The predicted octanol–water partition coefficient (Wildman–Crippen LogP) is 3.14. The topological polar surface area (TPSA) is 86.8 Å². The fourth-order valence-electron chi connectivity index (χ4n) is 3.36. The summed E-state index contributed by atoms with van der Waals surface area (Å²) in [5, 5.41) is 2.92. The van der Waals surface area contributed by atoms with Crippen molar-refractivity contribution in [1.29, 1.82) is 0 Å². The van der Waals surface area contributed by atoms with Crippen molar-refractivity contribution in [3.8, 4) is 0 Å². The maximum Gasteiger partial charge on any atom is 0.244 e. The second kappa shape index (κ2) is 11.8. The fraction of sp³-hybridized carbons (Fsp3) is 0.440. The van der Waals surface area contributed by atoms with Crippen LogP contribution < -0.4 is 9.62 Å². The summed E-state index contributed by atoms with van der Waals surface area (Å²) >= 11 is 0. The van der Waals surface area contributed by atoms with Gasteiger partial charge in [0.2, 0.25) is 21.8 Å². The summed E-state index contributed by atoms with van der Waals surface area (Å²) in [5.74, 6) is -0.685. The number of rotatable bonds is 11. The lowest BCUT2D eigenvalue weighted by Gasteiger charge is -2.32. The molecular weight excluding hydrogens is 438 g/mol. The zero-order valence-electron chi connectivity index (χ0n) is 20.1. The predicted molar refractivity (Wildman–Crippen MR) is 133 cm³/mol. The Bertz CT molecular complexity index is 1020. The third-order valence-electron chi connectivity index (χ3n) is 5.65. The molecule has 0 aliphatic carbocycles. The van der Waals surface area contributed by atoms with Crippen LogP contribution in [0.2, 0.25) is 0 Å². The van der Waals surface area contributed by atoms with Crippen LogP contribution in [0.15, 0.2) is 54.6 Å². The normalized spacial score (nSPS) is 13.1. The van der Waals surface area contributed by atoms with Crippen LogP contribution in [-0.2, 0) is 26.0 Å². The number of hydrogen-bond acceptors (Lipinski definition) is 4. The van der Waals surface area contributed by atoms with Gasteiger partial charge in [-0.3, -0.25) is 13.9 Å². The van der Waals surface area contributed by atoms with E-state index in [9.17, 15) is 18.0 Å². The molecule has 2 amide bonds. The Morgan fingerprint density at radius 1 is 1.00 bits per heavy atom.